The largest absolute Gasteiger partial charge is 0.491 e. The molecule has 1 aromatic rings. The van der Waals surface area contributed by atoms with E-state index in [1.165, 1.54) is 39.2 Å². The van der Waals surface area contributed by atoms with Gasteiger partial charge in [0, 0.05) is 0 Å². The van der Waals surface area contributed by atoms with Crippen molar-refractivity contribution in [1.82, 2.24) is 5.32 Å². The molecule has 1 aromatic carbocycles. The van der Waals surface area contributed by atoms with E-state index in [1.807, 2.05) is 37.3 Å². The number of ether oxygens (including phenoxy) is 2. The Kier molecular flexibility index (Phi) is 6.25. The Balaban J connectivity index is 1.92. The quantitative estimate of drug-likeness (QED) is 0.786. The van der Waals surface area contributed by atoms with Crippen molar-refractivity contribution in [1.29, 1.82) is 0 Å². The molecule has 1 unspecified atom stereocenters. The Hall–Kier alpha value is -1.55. The highest BCUT2D eigenvalue weighted by Gasteiger charge is 2.35. The number of carbonyl (C=O) groups excluding carboxylic acids is 1. The van der Waals surface area contributed by atoms with Gasteiger partial charge in [-0.2, -0.15) is 0 Å². The zero-order valence-corrected chi connectivity index (χ0v) is 13.6. The molecule has 1 N–H and O–H groups in total. The van der Waals surface area contributed by atoms with Gasteiger partial charge in [-0.25, -0.2) is 4.79 Å². The molecule has 0 bridgehead atoms. The highest BCUT2D eigenvalue weighted by molar-refractivity contribution is 5.80. The minimum absolute atomic E-state index is 0.260. The minimum atomic E-state index is -0.817. The number of para-hydroxylation sites is 1. The van der Waals surface area contributed by atoms with Crippen LogP contribution in [0.2, 0.25) is 0 Å². The lowest BCUT2D eigenvalue weighted by Gasteiger charge is -2.31. The fraction of sp³-hybridized carbons (Fsp3) is 0.611. The molecular weight excluding hydrogens is 278 g/mol. The summed E-state index contributed by atoms with van der Waals surface area (Å²) in [6, 6.07) is 9.55. The van der Waals surface area contributed by atoms with Gasteiger partial charge in [-0.05, 0) is 44.4 Å². The van der Waals surface area contributed by atoms with E-state index in [4.69, 9.17) is 9.47 Å². The monoisotopic (exact) mass is 305 g/mol. The summed E-state index contributed by atoms with van der Waals surface area (Å²) in [6.45, 7) is 2.95. The van der Waals surface area contributed by atoms with Crippen LogP contribution in [0.5, 0.6) is 5.75 Å². The van der Waals surface area contributed by atoms with E-state index >= 15 is 0 Å². The summed E-state index contributed by atoms with van der Waals surface area (Å²) in [7, 11) is 1.42. The smallest absolute Gasteiger partial charge is 0.329 e. The van der Waals surface area contributed by atoms with E-state index in [0.717, 1.165) is 12.3 Å². The minimum Gasteiger partial charge on any atom is -0.491 e. The molecule has 0 radical (unpaired) electrons. The molecule has 1 fully saturated rings. The molecular formula is C18H27NO3. The predicted molar refractivity (Wildman–Crippen MR) is 86.9 cm³/mol. The maximum Gasteiger partial charge on any atom is 0.329 e. The average molecular weight is 305 g/mol. The number of rotatable bonds is 7. The summed E-state index contributed by atoms with van der Waals surface area (Å²) >= 11 is 0. The van der Waals surface area contributed by atoms with Gasteiger partial charge in [0.1, 0.15) is 17.9 Å². The van der Waals surface area contributed by atoms with Crippen LogP contribution in [0.4, 0.5) is 0 Å². The second-order valence-corrected chi connectivity index (χ2v) is 6.31. The van der Waals surface area contributed by atoms with Crippen LogP contribution in [0.3, 0.4) is 0 Å². The first-order chi connectivity index (χ1) is 10.6. The van der Waals surface area contributed by atoms with Gasteiger partial charge in [0.25, 0.3) is 0 Å². The molecule has 122 valence electrons. The number of benzene rings is 1. The van der Waals surface area contributed by atoms with Crippen LogP contribution in [0.15, 0.2) is 30.3 Å². The average Bonchev–Trinajstić information content (AvgIpc) is 2.59. The van der Waals surface area contributed by atoms with Gasteiger partial charge < -0.3 is 9.47 Å². The molecule has 4 heteroatoms. The zero-order valence-electron chi connectivity index (χ0n) is 13.6. The number of methoxy groups -OCH3 is 1. The summed E-state index contributed by atoms with van der Waals surface area (Å²) < 4.78 is 10.7. The van der Waals surface area contributed by atoms with Crippen molar-refractivity contribution >= 4 is 5.97 Å². The summed E-state index contributed by atoms with van der Waals surface area (Å²) in [6.07, 6.45) is 6.40. The number of carbonyl (C=O) groups is 1. The van der Waals surface area contributed by atoms with Crippen molar-refractivity contribution in [3.8, 4) is 5.75 Å². The van der Waals surface area contributed by atoms with Gasteiger partial charge in [0.05, 0.1) is 7.11 Å². The normalized spacial score (nSPS) is 18.5. The zero-order chi connectivity index (χ0) is 15.8. The van der Waals surface area contributed by atoms with E-state index in [1.54, 1.807) is 0 Å². The van der Waals surface area contributed by atoms with Crippen LogP contribution in [0.1, 0.15) is 39.0 Å². The van der Waals surface area contributed by atoms with Crippen molar-refractivity contribution < 1.29 is 14.3 Å². The standard InChI is InChI=1S/C18H27NO3/c1-18(17(20)21-2,14-22-16-11-7-4-8-12-16)19-13-15-9-5-3-6-10-15/h4,7-8,11-12,15,19H,3,5-6,9-10,13-14H2,1-2H3. The van der Waals surface area contributed by atoms with E-state index in [0.29, 0.717) is 5.92 Å². The molecule has 1 aliphatic carbocycles. The third-order valence-electron chi connectivity index (χ3n) is 4.41. The second kappa shape index (κ2) is 8.18. The molecule has 0 aliphatic heterocycles. The maximum atomic E-state index is 12.2. The molecule has 1 saturated carbocycles. The summed E-state index contributed by atoms with van der Waals surface area (Å²) in [4.78, 5) is 12.2. The topological polar surface area (TPSA) is 47.6 Å². The lowest BCUT2D eigenvalue weighted by Crippen LogP contribution is -2.55. The number of nitrogens with one attached hydrogen (secondary N) is 1. The van der Waals surface area contributed by atoms with Gasteiger partial charge in [-0.3, -0.25) is 5.32 Å². The van der Waals surface area contributed by atoms with Crippen molar-refractivity contribution in [2.45, 2.75) is 44.6 Å². The molecule has 4 nitrogen and oxygen atoms in total. The van der Waals surface area contributed by atoms with Crippen LogP contribution in [-0.4, -0.2) is 31.8 Å². The molecule has 0 saturated heterocycles. The highest BCUT2D eigenvalue weighted by atomic mass is 16.5. The van der Waals surface area contributed by atoms with E-state index in [9.17, 15) is 4.79 Å². The molecule has 0 aromatic heterocycles. The Bertz CT molecular complexity index is 457. The van der Waals surface area contributed by atoms with Crippen molar-refractivity contribution in [2.75, 3.05) is 20.3 Å². The summed E-state index contributed by atoms with van der Waals surface area (Å²) in [5.41, 5.74) is -0.817. The van der Waals surface area contributed by atoms with Gasteiger partial charge in [-0.1, -0.05) is 37.5 Å². The van der Waals surface area contributed by atoms with Crippen LogP contribution >= 0.6 is 0 Å². The van der Waals surface area contributed by atoms with Crippen molar-refractivity contribution in [2.24, 2.45) is 5.92 Å². The van der Waals surface area contributed by atoms with Gasteiger partial charge in [0.2, 0.25) is 0 Å². The Morgan fingerprint density at radius 3 is 2.55 bits per heavy atom. The molecule has 2 rings (SSSR count). The Morgan fingerprint density at radius 1 is 1.23 bits per heavy atom. The van der Waals surface area contributed by atoms with Crippen molar-refractivity contribution in [3.05, 3.63) is 30.3 Å². The number of hydrogen-bond donors (Lipinski definition) is 1. The molecule has 22 heavy (non-hydrogen) atoms. The fourth-order valence-electron chi connectivity index (χ4n) is 2.91. The predicted octanol–water partition coefficient (Wildman–Crippen LogP) is 3.17. The van der Waals surface area contributed by atoms with Crippen LogP contribution < -0.4 is 10.1 Å². The van der Waals surface area contributed by atoms with Crippen LogP contribution in [0.25, 0.3) is 0 Å². The third-order valence-corrected chi connectivity index (χ3v) is 4.41. The van der Waals surface area contributed by atoms with Gasteiger partial charge in [0.15, 0.2) is 0 Å². The first-order valence-corrected chi connectivity index (χ1v) is 8.15. The van der Waals surface area contributed by atoms with Crippen molar-refractivity contribution in [3.63, 3.8) is 0 Å². The first kappa shape index (κ1) is 16.8. The van der Waals surface area contributed by atoms with E-state index in [2.05, 4.69) is 5.32 Å². The lowest BCUT2D eigenvalue weighted by molar-refractivity contribution is -0.149. The van der Waals surface area contributed by atoms with Crippen LogP contribution in [-0.2, 0) is 9.53 Å². The summed E-state index contributed by atoms with van der Waals surface area (Å²) in [5, 5.41) is 3.39. The molecule has 1 atom stereocenters. The number of esters is 1. The molecule has 0 amide bonds. The lowest BCUT2D eigenvalue weighted by atomic mass is 9.88. The Morgan fingerprint density at radius 2 is 1.91 bits per heavy atom. The molecule has 0 spiro atoms. The van der Waals surface area contributed by atoms with E-state index in [-0.39, 0.29) is 12.6 Å². The SMILES string of the molecule is COC(=O)C(C)(COc1ccccc1)NCC1CCCCC1. The summed E-state index contributed by atoms with van der Waals surface area (Å²) in [5.74, 6) is 1.13. The Labute approximate surface area is 133 Å². The second-order valence-electron chi connectivity index (χ2n) is 6.31. The van der Waals surface area contributed by atoms with Gasteiger partial charge in [-0.15, -0.1) is 0 Å². The molecule has 1 aliphatic rings. The third kappa shape index (κ3) is 4.73. The highest BCUT2D eigenvalue weighted by Crippen LogP contribution is 2.24. The maximum absolute atomic E-state index is 12.2. The van der Waals surface area contributed by atoms with E-state index < -0.39 is 5.54 Å². The number of hydrogen-bond acceptors (Lipinski definition) is 4. The van der Waals surface area contributed by atoms with Gasteiger partial charge >= 0.3 is 5.97 Å². The fourth-order valence-corrected chi connectivity index (χ4v) is 2.91. The molecule has 0 heterocycles. The van der Waals surface area contributed by atoms with Crippen LogP contribution in [0, 0.1) is 5.92 Å². The first-order valence-electron chi connectivity index (χ1n) is 8.15.